The zero-order valence-corrected chi connectivity index (χ0v) is 35.3. The number of aromatic nitrogens is 3. The van der Waals surface area contributed by atoms with E-state index in [9.17, 15) is 0 Å². The van der Waals surface area contributed by atoms with Gasteiger partial charge in [0.2, 0.25) is 0 Å². The van der Waals surface area contributed by atoms with E-state index in [1.165, 1.54) is 44.5 Å². The van der Waals surface area contributed by atoms with Crippen LogP contribution in [0.1, 0.15) is 28.1 Å². The van der Waals surface area contributed by atoms with E-state index in [1.807, 2.05) is 6.07 Å². The SMILES string of the molecule is C1=CB2N(C=C1)B1C=C(c3nc(-c4cccc(-c5ccccc5)c4)nc(-c4cccc5ccccc45)n3)C=CN1B1C=C3C(=CN21)C1(c2ccccc23)c2ccccc2-c2ccccc21. The predicted molar refractivity (Wildman–Crippen MR) is 266 cm³/mol. The van der Waals surface area contributed by atoms with Crippen LogP contribution in [0, 0.1) is 0 Å². The molecule has 0 N–H and O–H groups in total. The molecule has 1 aromatic heterocycles. The minimum absolute atomic E-state index is 0.0332. The molecular formula is C56H37B3N6. The summed E-state index contributed by atoms with van der Waals surface area (Å²) in [7, 11) is 0. The second-order valence-corrected chi connectivity index (χ2v) is 17.5. The van der Waals surface area contributed by atoms with Crippen LogP contribution in [0.3, 0.4) is 0 Å². The molecule has 1 spiro atoms. The molecule has 2 aliphatic carbocycles. The lowest BCUT2D eigenvalue weighted by atomic mass is 9.41. The fourth-order valence-electron chi connectivity index (χ4n) is 11.5. The molecule has 7 aromatic carbocycles. The largest absolute Gasteiger partial charge is 0.423 e. The average molecular weight is 826 g/mol. The van der Waals surface area contributed by atoms with Gasteiger partial charge in [0.1, 0.15) is 0 Å². The Kier molecular flexibility index (Phi) is 7.78. The number of benzene rings is 7. The van der Waals surface area contributed by atoms with Gasteiger partial charge in [-0.05, 0) is 103 Å². The van der Waals surface area contributed by atoms with Gasteiger partial charge >= 0.3 is 20.9 Å². The van der Waals surface area contributed by atoms with Gasteiger partial charge < -0.3 is 14.2 Å². The predicted octanol–water partition coefficient (Wildman–Crippen LogP) is 11.3. The molecule has 5 heterocycles. The molecule has 14 rings (SSSR count). The van der Waals surface area contributed by atoms with Crippen molar-refractivity contribution < 1.29 is 0 Å². The van der Waals surface area contributed by atoms with Gasteiger partial charge in [-0.15, -0.1) is 0 Å². The lowest BCUT2D eigenvalue weighted by Crippen LogP contribution is -2.73. The van der Waals surface area contributed by atoms with Crippen molar-refractivity contribution in [2.45, 2.75) is 5.41 Å². The summed E-state index contributed by atoms with van der Waals surface area (Å²) in [5, 5.41) is 2.25. The Bertz CT molecular complexity index is 3470. The third-order valence-corrected chi connectivity index (χ3v) is 14.3. The quantitative estimate of drug-likeness (QED) is 0.165. The van der Waals surface area contributed by atoms with Crippen LogP contribution < -0.4 is 0 Å². The first-order valence-corrected chi connectivity index (χ1v) is 22.4. The second kappa shape index (κ2) is 13.9. The van der Waals surface area contributed by atoms with Gasteiger partial charge in [0.15, 0.2) is 17.5 Å². The number of fused-ring (bicyclic) bond motifs is 17. The first-order chi connectivity index (χ1) is 32.2. The van der Waals surface area contributed by atoms with E-state index in [4.69, 9.17) is 15.0 Å². The maximum absolute atomic E-state index is 5.31. The van der Waals surface area contributed by atoms with Crippen LogP contribution in [0.2, 0.25) is 0 Å². The van der Waals surface area contributed by atoms with Crippen LogP contribution >= 0.6 is 0 Å². The maximum Gasteiger partial charge on any atom is 0.381 e. The Hall–Kier alpha value is -8.16. The fourth-order valence-corrected chi connectivity index (χ4v) is 11.5. The van der Waals surface area contributed by atoms with Gasteiger partial charge in [0.05, 0.1) is 5.41 Å². The standard InChI is InChI=1S/C56H37B3N6/c1-2-16-38(17-3-1)40-20-14-21-41(34-40)53-60-54(62-55(61-53)47-26-15-19-39-18-4-5-22-43(39)47)42-30-33-64-58(35-42)63-32-13-12-31-57(63)65-37-52-48(36-59(64)65)46-25-8-11-29-51(46)56(52)49-27-9-6-23-44(49)45-24-7-10-28-50(45)56/h1-37H. The highest BCUT2D eigenvalue weighted by Crippen LogP contribution is 2.64. The molecule has 1 fully saturated rings. The topological polar surface area (TPSA) is 48.4 Å². The molecule has 0 atom stereocenters. The first kappa shape index (κ1) is 36.3. The highest BCUT2D eigenvalue weighted by molar-refractivity contribution is 6.92. The van der Waals surface area contributed by atoms with Gasteiger partial charge in [-0.25, -0.2) is 15.0 Å². The van der Waals surface area contributed by atoms with E-state index in [-0.39, 0.29) is 20.9 Å². The van der Waals surface area contributed by atoms with E-state index < -0.39 is 5.41 Å². The van der Waals surface area contributed by atoms with E-state index in [2.05, 4.69) is 233 Å². The summed E-state index contributed by atoms with van der Waals surface area (Å²) in [6.07, 6.45) is 13.5. The summed E-state index contributed by atoms with van der Waals surface area (Å²) in [6, 6.07) is 60.9. The van der Waals surface area contributed by atoms with Crippen LogP contribution in [-0.2, 0) is 5.41 Å². The lowest BCUT2D eigenvalue weighted by Gasteiger charge is -2.54. The van der Waals surface area contributed by atoms with Gasteiger partial charge in [-0.3, -0.25) is 0 Å². The third-order valence-electron chi connectivity index (χ3n) is 14.3. The normalized spacial score (nSPS) is 16.6. The van der Waals surface area contributed by atoms with E-state index in [0.717, 1.165) is 38.6 Å². The monoisotopic (exact) mass is 826 g/mol. The molecule has 6 nitrogen and oxygen atoms in total. The summed E-state index contributed by atoms with van der Waals surface area (Å²) in [5.41, 5.74) is 15.3. The van der Waals surface area contributed by atoms with Crippen molar-refractivity contribution in [1.82, 2.24) is 29.1 Å². The van der Waals surface area contributed by atoms with E-state index >= 15 is 0 Å². The Morgan fingerprint density at radius 3 is 1.86 bits per heavy atom. The third kappa shape index (κ3) is 5.24. The van der Waals surface area contributed by atoms with Gasteiger partial charge in [0.25, 0.3) is 0 Å². The molecule has 0 amide bonds. The molecule has 0 radical (unpaired) electrons. The van der Waals surface area contributed by atoms with Gasteiger partial charge in [-0.1, -0.05) is 188 Å². The fraction of sp³-hybridized carbons (Fsp3) is 0.0179. The first-order valence-electron chi connectivity index (χ1n) is 22.4. The molecule has 300 valence electrons. The van der Waals surface area contributed by atoms with Gasteiger partial charge in [-0.2, -0.15) is 0 Å². The van der Waals surface area contributed by atoms with Crippen LogP contribution in [0.4, 0.5) is 0 Å². The Morgan fingerprint density at radius 1 is 0.431 bits per heavy atom. The van der Waals surface area contributed by atoms with Crippen LogP contribution in [0.5, 0.6) is 0 Å². The Morgan fingerprint density at radius 2 is 1.03 bits per heavy atom. The summed E-state index contributed by atoms with van der Waals surface area (Å²) < 4.78 is 7.48. The molecule has 0 unspecified atom stereocenters. The van der Waals surface area contributed by atoms with Crippen LogP contribution in [0.15, 0.2) is 230 Å². The minimum atomic E-state index is -0.417. The molecular weight excluding hydrogens is 789 g/mol. The number of allylic oxidation sites excluding steroid dienone is 6. The van der Waals surface area contributed by atoms with E-state index in [1.54, 1.807) is 0 Å². The molecule has 65 heavy (non-hydrogen) atoms. The summed E-state index contributed by atoms with van der Waals surface area (Å²) in [5.74, 6) is 9.12. The van der Waals surface area contributed by atoms with Crippen molar-refractivity contribution in [2.24, 2.45) is 0 Å². The average Bonchev–Trinajstić information content (AvgIpc) is 3.85. The number of nitrogens with zero attached hydrogens (tertiary/aromatic N) is 6. The minimum Gasteiger partial charge on any atom is -0.423 e. The summed E-state index contributed by atoms with van der Waals surface area (Å²) in [4.78, 5) is 15.8. The van der Waals surface area contributed by atoms with Crippen molar-refractivity contribution in [3.8, 4) is 45.0 Å². The van der Waals surface area contributed by atoms with Crippen molar-refractivity contribution in [2.75, 3.05) is 0 Å². The smallest absolute Gasteiger partial charge is 0.381 e. The van der Waals surface area contributed by atoms with Crippen molar-refractivity contribution in [1.29, 1.82) is 0 Å². The Balaban J connectivity index is 0.910. The van der Waals surface area contributed by atoms with E-state index in [0.29, 0.717) is 17.5 Å². The highest BCUT2D eigenvalue weighted by Gasteiger charge is 2.58. The van der Waals surface area contributed by atoms with Crippen LogP contribution in [-0.4, -0.2) is 50.1 Å². The van der Waals surface area contributed by atoms with Gasteiger partial charge in [0, 0.05) is 16.7 Å². The number of rotatable bonds is 4. The molecule has 6 aliphatic rings. The lowest BCUT2D eigenvalue weighted by molar-refractivity contribution is 0.614. The maximum atomic E-state index is 5.31. The molecule has 8 aromatic rings. The molecule has 0 bridgehead atoms. The highest BCUT2D eigenvalue weighted by atomic mass is 15.3. The van der Waals surface area contributed by atoms with Crippen molar-refractivity contribution >= 4 is 42.9 Å². The van der Waals surface area contributed by atoms with Crippen LogP contribution in [0.25, 0.3) is 66.9 Å². The molecule has 9 heteroatoms. The number of hydrogen-bond acceptors (Lipinski definition) is 6. The molecule has 1 saturated heterocycles. The van der Waals surface area contributed by atoms with Crippen molar-refractivity contribution in [3.05, 3.63) is 258 Å². The number of hydrogen-bond donors (Lipinski definition) is 0. The second-order valence-electron chi connectivity index (χ2n) is 17.5. The zero-order valence-electron chi connectivity index (χ0n) is 35.3. The summed E-state index contributed by atoms with van der Waals surface area (Å²) >= 11 is 0. The molecule has 4 aliphatic heterocycles. The molecule has 0 saturated carbocycles. The van der Waals surface area contributed by atoms with Crippen molar-refractivity contribution in [3.63, 3.8) is 0 Å². The summed E-state index contributed by atoms with van der Waals surface area (Å²) in [6.45, 7) is -0.203. The Labute approximate surface area is 379 Å². The zero-order chi connectivity index (χ0) is 42.6.